The van der Waals surface area contributed by atoms with E-state index in [2.05, 4.69) is 15.4 Å². The van der Waals surface area contributed by atoms with Crippen LogP contribution in [0.3, 0.4) is 0 Å². The summed E-state index contributed by atoms with van der Waals surface area (Å²) in [4.78, 5) is 15.6. The number of rotatable bonds is 7. The quantitative estimate of drug-likeness (QED) is 0.691. The Morgan fingerprint density at radius 1 is 1.71 bits per heavy atom. The summed E-state index contributed by atoms with van der Waals surface area (Å²) >= 11 is 1.69. The fraction of sp³-hybridized carbons (Fsp3) is 0.700. The number of carbonyl (C=O) groups excluding carboxylic acids is 1. The molecule has 0 bridgehead atoms. The standard InChI is InChI=1S/C10H19N5OS/c1-15-7-13-9(14-15)3-5-12-10(16)8(11)4-6-17-2/h7-8H,3-6,11H2,1-2H3,(H,12,16)/t8-/m0/s1. The van der Waals surface area contributed by atoms with Crippen molar-refractivity contribution in [1.82, 2.24) is 20.1 Å². The van der Waals surface area contributed by atoms with E-state index in [-0.39, 0.29) is 5.91 Å². The molecule has 6 nitrogen and oxygen atoms in total. The second-order valence-corrected chi connectivity index (χ2v) is 4.75. The molecule has 3 N–H and O–H groups in total. The molecular weight excluding hydrogens is 238 g/mol. The molecule has 17 heavy (non-hydrogen) atoms. The third kappa shape index (κ3) is 5.18. The van der Waals surface area contributed by atoms with Gasteiger partial charge in [-0.1, -0.05) is 0 Å². The topological polar surface area (TPSA) is 85.8 Å². The molecule has 1 amide bonds. The summed E-state index contributed by atoms with van der Waals surface area (Å²) < 4.78 is 1.64. The Hall–Kier alpha value is -1.08. The smallest absolute Gasteiger partial charge is 0.236 e. The van der Waals surface area contributed by atoms with E-state index in [0.29, 0.717) is 19.4 Å². The van der Waals surface area contributed by atoms with Crippen LogP contribution in [0.1, 0.15) is 12.2 Å². The zero-order valence-corrected chi connectivity index (χ0v) is 11.0. The van der Waals surface area contributed by atoms with Crippen LogP contribution in [0.5, 0.6) is 0 Å². The maximum absolute atomic E-state index is 11.6. The molecule has 0 radical (unpaired) electrons. The average molecular weight is 257 g/mol. The van der Waals surface area contributed by atoms with Crippen molar-refractivity contribution in [3.8, 4) is 0 Å². The van der Waals surface area contributed by atoms with Crippen molar-refractivity contribution in [2.45, 2.75) is 18.9 Å². The summed E-state index contributed by atoms with van der Waals surface area (Å²) in [6, 6.07) is -0.417. The first-order chi connectivity index (χ1) is 8.13. The van der Waals surface area contributed by atoms with Gasteiger partial charge in [-0.05, 0) is 18.4 Å². The Kier molecular flexibility index (Phi) is 5.99. The normalized spacial score (nSPS) is 12.4. The fourth-order valence-corrected chi connectivity index (χ4v) is 1.79. The molecule has 0 saturated heterocycles. The summed E-state index contributed by atoms with van der Waals surface area (Å²) in [6.07, 6.45) is 4.97. The maximum atomic E-state index is 11.6. The SMILES string of the molecule is CSCC[C@H](N)C(=O)NCCc1ncn(C)n1. The average Bonchev–Trinajstić information content (AvgIpc) is 2.71. The van der Waals surface area contributed by atoms with Gasteiger partial charge in [-0.2, -0.15) is 16.9 Å². The molecule has 0 spiro atoms. The van der Waals surface area contributed by atoms with Gasteiger partial charge in [0.15, 0.2) is 5.82 Å². The molecule has 1 heterocycles. The van der Waals surface area contributed by atoms with Crippen LogP contribution >= 0.6 is 11.8 Å². The maximum Gasteiger partial charge on any atom is 0.236 e. The first-order valence-electron chi connectivity index (χ1n) is 5.50. The Balaban J connectivity index is 2.19. The number of carbonyl (C=O) groups is 1. The zero-order chi connectivity index (χ0) is 12.7. The largest absolute Gasteiger partial charge is 0.354 e. The molecule has 1 atom stereocenters. The van der Waals surface area contributed by atoms with Crippen molar-refractivity contribution in [2.75, 3.05) is 18.6 Å². The lowest BCUT2D eigenvalue weighted by Gasteiger charge is -2.10. The van der Waals surface area contributed by atoms with E-state index in [9.17, 15) is 4.79 Å². The van der Waals surface area contributed by atoms with Crippen molar-refractivity contribution in [3.05, 3.63) is 12.2 Å². The van der Waals surface area contributed by atoms with E-state index in [0.717, 1.165) is 11.6 Å². The predicted molar refractivity (Wildman–Crippen MR) is 68.7 cm³/mol. The molecular formula is C10H19N5OS. The lowest BCUT2D eigenvalue weighted by molar-refractivity contribution is -0.122. The van der Waals surface area contributed by atoms with Gasteiger partial charge < -0.3 is 11.1 Å². The van der Waals surface area contributed by atoms with Gasteiger partial charge in [-0.15, -0.1) is 0 Å². The number of nitrogens with zero attached hydrogens (tertiary/aromatic N) is 3. The van der Waals surface area contributed by atoms with Crippen molar-refractivity contribution >= 4 is 17.7 Å². The molecule has 0 aromatic carbocycles. The molecule has 0 saturated carbocycles. The highest BCUT2D eigenvalue weighted by atomic mass is 32.2. The van der Waals surface area contributed by atoms with E-state index in [1.165, 1.54) is 0 Å². The highest BCUT2D eigenvalue weighted by Gasteiger charge is 2.12. The van der Waals surface area contributed by atoms with E-state index in [4.69, 9.17) is 5.73 Å². The zero-order valence-electron chi connectivity index (χ0n) is 10.2. The monoisotopic (exact) mass is 257 g/mol. The number of hydrogen-bond donors (Lipinski definition) is 2. The molecule has 1 aromatic heterocycles. The van der Waals surface area contributed by atoms with Gasteiger partial charge in [0, 0.05) is 20.0 Å². The van der Waals surface area contributed by atoms with Crippen LogP contribution in [0, 0.1) is 0 Å². The van der Waals surface area contributed by atoms with Crippen LogP contribution in [-0.2, 0) is 18.3 Å². The van der Waals surface area contributed by atoms with E-state index < -0.39 is 6.04 Å². The molecule has 0 fully saturated rings. The molecule has 0 aliphatic rings. The highest BCUT2D eigenvalue weighted by Crippen LogP contribution is 1.98. The number of hydrogen-bond acceptors (Lipinski definition) is 5. The highest BCUT2D eigenvalue weighted by molar-refractivity contribution is 7.98. The number of nitrogens with two attached hydrogens (primary N) is 1. The summed E-state index contributed by atoms with van der Waals surface area (Å²) in [5, 5.41) is 6.91. The van der Waals surface area contributed by atoms with Crippen LogP contribution in [0.25, 0.3) is 0 Å². The lowest BCUT2D eigenvalue weighted by Crippen LogP contribution is -2.41. The number of amides is 1. The minimum Gasteiger partial charge on any atom is -0.354 e. The number of nitrogens with one attached hydrogen (secondary N) is 1. The molecule has 1 rings (SSSR count). The van der Waals surface area contributed by atoms with Crippen molar-refractivity contribution < 1.29 is 4.79 Å². The summed E-state index contributed by atoms with van der Waals surface area (Å²) in [5.74, 6) is 1.52. The molecule has 0 unspecified atom stereocenters. The Labute approximate surface area is 105 Å². The van der Waals surface area contributed by atoms with Crippen LogP contribution in [-0.4, -0.2) is 45.3 Å². The summed E-state index contributed by atoms with van der Waals surface area (Å²) in [5.41, 5.74) is 5.73. The van der Waals surface area contributed by atoms with Crippen LogP contribution in [0.4, 0.5) is 0 Å². The van der Waals surface area contributed by atoms with Gasteiger partial charge in [0.05, 0.1) is 6.04 Å². The van der Waals surface area contributed by atoms with Crippen LogP contribution in [0.15, 0.2) is 6.33 Å². The van der Waals surface area contributed by atoms with Gasteiger partial charge in [-0.25, -0.2) is 4.98 Å². The predicted octanol–water partition coefficient (Wildman–Crippen LogP) is -0.446. The van der Waals surface area contributed by atoms with Gasteiger partial charge >= 0.3 is 0 Å². The first-order valence-corrected chi connectivity index (χ1v) is 6.89. The van der Waals surface area contributed by atoms with Crippen LogP contribution < -0.4 is 11.1 Å². The molecule has 7 heteroatoms. The fourth-order valence-electron chi connectivity index (χ4n) is 1.30. The number of thioether (sulfide) groups is 1. The second-order valence-electron chi connectivity index (χ2n) is 3.76. The van der Waals surface area contributed by atoms with Crippen LogP contribution in [0.2, 0.25) is 0 Å². The molecule has 1 aromatic rings. The van der Waals surface area contributed by atoms with E-state index in [1.807, 2.05) is 13.3 Å². The molecule has 0 aliphatic carbocycles. The lowest BCUT2D eigenvalue weighted by atomic mass is 10.2. The summed E-state index contributed by atoms with van der Waals surface area (Å²) in [7, 11) is 1.81. The van der Waals surface area contributed by atoms with Gasteiger partial charge in [0.1, 0.15) is 6.33 Å². The van der Waals surface area contributed by atoms with Gasteiger partial charge in [-0.3, -0.25) is 9.48 Å². The first kappa shape index (κ1) is 14.0. The minimum atomic E-state index is -0.417. The molecule has 96 valence electrons. The Morgan fingerprint density at radius 3 is 3.06 bits per heavy atom. The molecule has 0 aliphatic heterocycles. The Morgan fingerprint density at radius 2 is 2.47 bits per heavy atom. The van der Waals surface area contributed by atoms with E-state index >= 15 is 0 Å². The minimum absolute atomic E-state index is 0.102. The third-order valence-electron chi connectivity index (χ3n) is 2.26. The van der Waals surface area contributed by atoms with Gasteiger partial charge in [0.25, 0.3) is 0 Å². The number of aromatic nitrogens is 3. The third-order valence-corrected chi connectivity index (χ3v) is 2.91. The van der Waals surface area contributed by atoms with E-state index in [1.54, 1.807) is 22.8 Å². The van der Waals surface area contributed by atoms with Crippen molar-refractivity contribution in [3.63, 3.8) is 0 Å². The Bertz CT molecular complexity index is 354. The second kappa shape index (κ2) is 7.29. The summed E-state index contributed by atoms with van der Waals surface area (Å²) in [6.45, 7) is 0.524. The van der Waals surface area contributed by atoms with Crippen molar-refractivity contribution in [2.24, 2.45) is 12.8 Å². The van der Waals surface area contributed by atoms with Crippen molar-refractivity contribution in [1.29, 1.82) is 0 Å². The number of aryl methyl sites for hydroxylation is 1. The van der Waals surface area contributed by atoms with Gasteiger partial charge in [0.2, 0.25) is 5.91 Å².